The lowest BCUT2D eigenvalue weighted by atomic mass is 10.0. The van der Waals surface area contributed by atoms with Crippen molar-refractivity contribution in [3.63, 3.8) is 0 Å². The molecule has 1 amide bonds. The molecule has 90 valence electrons. The molecule has 0 heterocycles. The Labute approximate surface area is 92.0 Å². The van der Waals surface area contributed by atoms with E-state index >= 15 is 0 Å². The van der Waals surface area contributed by atoms with Gasteiger partial charge in [-0.2, -0.15) is 0 Å². The molecule has 0 aromatic carbocycles. The van der Waals surface area contributed by atoms with Crippen molar-refractivity contribution in [3.8, 4) is 0 Å². The third-order valence-corrected chi connectivity index (χ3v) is 2.57. The second kappa shape index (κ2) is 7.65. The molecule has 0 fully saturated rings. The Morgan fingerprint density at radius 3 is 2.47 bits per heavy atom. The van der Waals surface area contributed by atoms with E-state index < -0.39 is 12.2 Å². The van der Waals surface area contributed by atoms with Crippen molar-refractivity contribution in [1.82, 2.24) is 5.32 Å². The number of aliphatic hydroxyl groups excluding tert-OH is 1. The summed E-state index contributed by atoms with van der Waals surface area (Å²) in [5.74, 6) is 0.0342. The average molecular weight is 217 g/mol. The van der Waals surface area contributed by atoms with Gasteiger partial charge < -0.3 is 15.2 Å². The van der Waals surface area contributed by atoms with Gasteiger partial charge in [0.15, 0.2) is 0 Å². The Hall–Kier alpha value is -0.610. The van der Waals surface area contributed by atoms with Crippen molar-refractivity contribution in [2.24, 2.45) is 5.92 Å². The van der Waals surface area contributed by atoms with Crippen LogP contribution in [0.4, 0.5) is 0 Å². The van der Waals surface area contributed by atoms with Crippen LogP contribution >= 0.6 is 0 Å². The number of aliphatic hydroxyl groups is 1. The zero-order valence-electron chi connectivity index (χ0n) is 10.1. The van der Waals surface area contributed by atoms with E-state index in [1.165, 1.54) is 0 Å². The minimum absolute atomic E-state index is 0.167. The van der Waals surface area contributed by atoms with Gasteiger partial charge in [0.2, 0.25) is 5.91 Å². The fourth-order valence-corrected chi connectivity index (χ4v) is 1.15. The second-order valence-corrected chi connectivity index (χ2v) is 3.80. The number of hydrogen-bond acceptors (Lipinski definition) is 3. The van der Waals surface area contributed by atoms with Crippen molar-refractivity contribution < 1.29 is 14.6 Å². The minimum Gasteiger partial charge on any atom is -0.391 e. The first kappa shape index (κ1) is 14.4. The fourth-order valence-electron chi connectivity index (χ4n) is 1.15. The largest absolute Gasteiger partial charge is 0.391 e. The average Bonchev–Trinajstić information content (AvgIpc) is 2.24. The van der Waals surface area contributed by atoms with E-state index in [0.717, 1.165) is 6.42 Å². The van der Waals surface area contributed by atoms with Gasteiger partial charge in [0.25, 0.3) is 0 Å². The van der Waals surface area contributed by atoms with E-state index in [1.54, 1.807) is 6.92 Å². The molecule has 0 aliphatic heterocycles. The molecule has 4 nitrogen and oxygen atoms in total. The highest BCUT2D eigenvalue weighted by molar-refractivity contribution is 5.80. The number of hydrogen-bond donors (Lipinski definition) is 2. The number of ether oxygens (including phenoxy) is 1. The fraction of sp³-hybridized carbons (Fsp3) is 0.909. The van der Waals surface area contributed by atoms with E-state index in [4.69, 9.17) is 4.74 Å². The van der Waals surface area contributed by atoms with Crippen LogP contribution in [0.5, 0.6) is 0 Å². The first-order chi connectivity index (χ1) is 7.02. The molecule has 0 saturated carbocycles. The molecule has 4 heteroatoms. The molecule has 0 aromatic heterocycles. The summed E-state index contributed by atoms with van der Waals surface area (Å²) in [7, 11) is 0. The van der Waals surface area contributed by atoms with Gasteiger partial charge in [-0.3, -0.25) is 4.79 Å². The summed E-state index contributed by atoms with van der Waals surface area (Å²) in [4.78, 5) is 11.4. The molecule has 0 saturated heterocycles. The zero-order valence-corrected chi connectivity index (χ0v) is 10.1. The van der Waals surface area contributed by atoms with Crippen LogP contribution in [0, 0.1) is 5.92 Å². The van der Waals surface area contributed by atoms with E-state index in [2.05, 4.69) is 5.32 Å². The Morgan fingerprint density at radius 2 is 2.00 bits per heavy atom. The highest BCUT2D eigenvalue weighted by Crippen LogP contribution is 2.06. The lowest BCUT2D eigenvalue weighted by molar-refractivity contribution is -0.132. The molecular weight excluding hydrogens is 194 g/mol. The van der Waals surface area contributed by atoms with E-state index in [-0.39, 0.29) is 11.8 Å². The highest BCUT2D eigenvalue weighted by atomic mass is 16.5. The number of nitrogens with one attached hydrogen (secondary N) is 1. The van der Waals surface area contributed by atoms with Gasteiger partial charge in [0.1, 0.15) is 6.10 Å². The predicted molar refractivity (Wildman–Crippen MR) is 59.6 cm³/mol. The topological polar surface area (TPSA) is 58.6 Å². The normalized spacial score (nSPS) is 16.9. The standard InChI is InChI=1S/C11H23NO3/c1-5-8(3)10(13)7-12-11(14)9(4)15-6-2/h8-10,13H,5-7H2,1-4H3,(H,12,14). The SMILES string of the molecule is CCOC(C)C(=O)NCC(O)C(C)CC. The van der Waals surface area contributed by atoms with E-state index in [0.29, 0.717) is 13.2 Å². The van der Waals surface area contributed by atoms with Gasteiger partial charge in [0.05, 0.1) is 6.10 Å². The molecular formula is C11H23NO3. The van der Waals surface area contributed by atoms with Crippen molar-refractivity contribution >= 4 is 5.91 Å². The lowest BCUT2D eigenvalue weighted by Crippen LogP contribution is -2.40. The van der Waals surface area contributed by atoms with Crippen LogP contribution in [0.1, 0.15) is 34.1 Å². The second-order valence-electron chi connectivity index (χ2n) is 3.80. The maximum atomic E-state index is 11.4. The highest BCUT2D eigenvalue weighted by Gasteiger charge is 2.16. The monoisotopic (exact) mass is 217 g/mol. The molecule has 15 heavy (non-hydrogen) atoms. The van der Waals surface area contributed by atoms with Crippen LogP contribution in [-0.2, 0) is 9.53 Å². The molecule has 3 unspecified atom stereocenters. The number of rotatable bonds is 7. The quantitative estimate of drug-likeness (QED) is 0.667. The minimum atomic E-state index is -0.479. The first-order valence-corrected chi connectivity index (χ1v) is 5.60. The lowest BCUT2D eigenvalue weighted by Gasteiger charge is -2.19. The molecule has 3 atom stereocenters. The molecule has 0 bridgehead atoms. The van der Waals surface area contributed by atoms with Crippen molar-refractivity contribution in [3.05, 3.63) is 0 Å². The van der Waals surface area contributed by atoms with Crippen LogP contribution in [0.3, 0.4) is 0 Å². The third kappa shape index (κ3) is 5.74. The summed E-state index contributed by atoms with van der Waals surface area (Å²) in [6.45, 7) is 8.33. The van der Waals surface area contributed by atoms with Crippen molar-refractivity contribution in [2.45, 2.75) is 46.3 Å². The Morgan fingerprint density at radius 1 is 1.40 bits per heavy atom. The Balaban J connectivity index is 3.79. The molecule has 0 aromatic rings. The molecule has 2 N–H and O–H groups in total. The van der Waals surface area contributed by atoms with Gasteiger partial charge in [-0.1, -0.05) is 20.3 Å². The van der Waals surface area contributed by atoms with Crippen molar-refractivity contribution in [1.29, 1.82) is 0 Å². The zero-order chi connectivity index (χ0) is 11.8. The summed E-state index contributed by atoms with van der Waals surface area (Å²) in [5, 5.41) is 12.3. The molecule has 0 rings (SSSR count). The number of amides is 1. The maximum absolute atomic E-state index is 11.4. The van der Waals surface area contributed by atoms with Crippen LogP contribution in [0.2, 0.25) is 0 Å². The maximum Gasteiger partial charge on any atom is 0.248 e. The summed E-state index contributed by atoms with van der Waals surface area (Å²) in [6.07, 6.45) is -0.0233. The van der Waals surface area contributed by atoms with Gasteiger partial charge in [-0.05, 0) is 19.8 Å². The van der Waals surface area contributed by atoms with Gasteiger partial charge in [-0.15, -0.1) is 0 Å². The Bertz CT molecular complexity index is 185. The van der Waals surface area contributed by atoms with Gasteiger partial charge >= 0.3 is 0 Å². The van der Waals surface area contributed by atoms with Crippen molar-refractivity contribution in [2.75, 3.05) is 13.2 Å². The van der Waals surface area contributed by atoms with Gasteiger partial charge in [-0.25, -0.2) is 0 Å². The summed E-state index contributed by atoms with van der Waals surface area (Å²) in [6, 6.07) is 0. The van der Waals surface area contributed by atoms with Crippen LogP contribution in [0.15, 0.2) is 0 Å². The molecule has 0 aliphatic rings. The summed E-state index contributed by atoms with van der Waals surface area (Å²) in [5.41, 5.74) is 0. The molecule has 0 spiro atoms. The van der Waals surface area contributed by atoms with Crippen LogP contribution in [-0.4, -0.2) is 36.4 Å². The first-order valence-electron chi connectivity index (χ1n) is 5.60. The van der Waals surface area contributed by atoms with Gasteiger partial charge in [0, 0.05) is 13.2 Å². The Kier molecular flexibility index (Phi) is 7.34. The summed E-state index contributed by atoms with van der Waals surface area (Å²) < 4.78 is 5.13. The number of carbonyl (C=O) groups is 1. The summed E-state index contributed by atoms with van der Waals surface area (Å²) >= 11 is 0. The third-order valence-electron chi connectivity index (χ3n) is 2.57. The van der Waals surface area contributed by atoms with Crippen LogP contribution < -0.4 is 5.32 Å². The van der Waals surface area contributed by atoms with Crippen LogP contribution in [0.25, 0.3) is 0 Å². The smallest absolute Gasteiger partial charge is 0.248 e. The number of carbonyl (C=O) groups excluding carboxylic acids is 1. The van der Waals surface area contributed by atoms with E-state index in [1.807, 2.05) is 20.8 Å². The van der Waals surface area contributed by atoms with E-state index in [9.17, 15) is 9.90 Å². The molecule has 0 aliphatic carbocycles. The molecule has 0 radical (unpaired) electrons. The predicted octanol–water partition coefficient (Wildman–Crippen LogP) is 0.935.